The largest absolute Gasteiger partial charge is 0.497 e. The van der Waals surface area contributed by atoms with E-state index in [9.17, 15) is 4.79 Å². The fourth-order valence-electron chi connectivity index (χ4n) is 3.17. The first-order chi connectivity index (χ1) is 15.1. The molecule has 1 aliphatic rings. The van der Waals surface area contributed by atoms with E-state index >= 15 is 0 Å². The molecule has 0 radical (unpaired) electrons. The summed E-state index contributed by atoms with van der Waals surface area (Å²) in [6.07, 6.45) is 3.38. The van der Waals surface area contributed by atoms with Crippen LogP contribution in [-0.4, -0.2) is 48.8 Å². The molecule has 31 heavy (non-hydrogen) atoms. The van der Waals surface area contributed by atoms with Gasteiger partial charge in [-0.2, -0.15) is 5.10 Å². The molecule has 0 N–H and O–H groups in total. The van der Waals surface area contributed by atoms with Gasteiger partial charge in [0.1, 0.15) is 5.75 Å². The molecule has 7 nitrogen and oxygen atoms in total. The number of methoxy groups -OCH3 is 3. The fourth-order valence-corrected chi connectivity index (χ4v) is 4.38. The summed E-state index contributed by atoms with van der Waals surface area (Å²) in [5.41, 5.74) is 1.83. The normalized spacial score (nSPS) is 17.5. The van der Waals surface area contributed by atoms with Crippen molar-refractivity contribution in [3.05, 3.63) is 53.6 Å². The topological polar surface area (TPSA) is 72.7 Å². The number of amides is 1. The van der Waals surface area contributed by atoms with Crippen molar-refractivity contribution >= 4 is 29.1 Å². The molecule has 1 aliphatic heterocycles. The van der Waals surface area contributed by atoms with Crippen molar-refractivity contribution in [3.8, 4) is 17.2 Å². The Bertz CT molecular complexity index is 960. The smallest absolute Gasteiger partial charge is 0.242 e. The summed E-state index contributed by atoms with van der Waals surface area (Å²) in [7, 11) is 4.81. The van der Waals surface area contributed by atoms with Crippen molar-refractivity contribution < 1.29 is 19.0 Å². The number of rotatable bonds is 9. The first-order valence-electron chi connectivity index (χ1n) is 10.0. The predicted molar refractivity (Wildman–Crippen MR) is 124 cm³/mol. The molecule has 0 bridgehead atoms. The lowest BCUT2D eigenvalue weighted by atomic mass is 10.2. The van der Waals surface area contributed by atoms with Crippen LogP contribution in [0.15, 0.2) is 52.7 Å². The van der Waals surface area contributed by atoms with E-state index in [4.69, 9.17) is 14.2 Å². The highest BCUT2D eigenvalue weighted by Crippen LogP contribution is 2.32. The lowest BCUT2D eigenvalue weighted by Gasteiger charge is -2.16. The van der Waals surface area contributed by atoms with Crippen molar-refractivity contribution in [1.82, 2.24) is 4.90 Å². The van der Waals surface area contributed by atoms with E-state index in [-0.39, 0.29) is 11.2 Å². The molecule has 0 aromatic heterocycles. The van der Waals surface area contributed by atoms with Crippen molar-refractivity contribution in [2.24, 2.45) is 10.2 Å². The van der Waals surface area contributed by atoms with Crippen LogP contribution in [0.1, 0.15) is 30.9 Å². The van der Waals surface area contributed by atoms with Crippen LogP contribution >= 0.6 is 11.8 Å². The first kappa shape index (κ1) is 22.7. The van der Waals surface area contributed by atoms with E-state index in [1.165, 1.54) is 11.8 Å². The lowest BCUT2D eigenvalue weighted by molar-refractivity contribution is -0.126. The Kier molecular flexibility index (Phi) is 7.94. The van der Waals surface area contributed by atoms with Gasteiger partial charge in [-0.1, -0.05) is 37.2 Å². The van der Waals surface area contributed by atoms with E-state index in [0.29, 0.717) is 23.2 Å². The SMILES string of the molecule is CCC[C@@H]1S/C(=N\N=C/c2ccc(OC)c(OC)c2)N(Cc2ccc(OC)cc2)C1=O. The molecule has 0 saturated carbocycles. The van der Waals surface area contributed by atoms with Crippen LogP contribution in [0.4, 0.5) is 0 Å². The average Bonchev–Trinajstić information content (AvgIpc) is 3.08. The van der Waals surface area contributed by atoms with Gasteiger partial charge in [-0.05, 0) is 47.9 Å². The highest BCUT2D eigenvalue weighted by Gasteiger charge is 2.37. The van der Waals surface area contributed by atoms with Crippen LogP contribution in [0.25, 0.3) is 0 Å². The van der Waals surface area contributed by atoms with Gasteiger partial charge in [-0.3, -0.25) is 9.69 Å². The maximum atomic E-state index is 12.9. The summed E-state index contributed by atoms with van der Waals surface area (Å²) >= 11 is 1.47. The van der Waals surface area contributed by atoms with E-state index in [2.05, 4.69) is 17.1 Å². The van der Waals surface area contributed by atoms with Crippen LogP contribution in [0.5, 0.6) is 17.2 Å². The molecule has 1 fully saturated rings. The average molecular weight is 442 g/mol. The minimum Gasteiger partial charge on any atom is -0.497 e. The zero-order valence-electron chi connectivity index (χ0n) is 18.2. The third kappa shape index (κ3) is 5.58. The number of amidine groups is 1. The summed E-state index contributed by atoms with van der Waals surface area (Å²) in [6.45, 7) is 2.52. The van der Waals surface area contributed by atoms with Gasteiger partial charge in [0.2, 0.25) is 5.91 Å². The molecule has 3 rings (SSSR count). The Morgan fingerprint density at radius 1 is 1.03 bits per heavy atom. The molecule has 0 aliphatic carbocycles. The quantitative estimate of drug-likeness (QED) is 0.427. The standard InChI is InChI=1S/C23H27N3O4S/c1-5-6-21-22(27)26(15-16-7-10-18(28-2)11-8-16)23(31-21)25-24-14-17-9-12-19(29-3)20(13-17)30-4/h7-14,21H,5-6,15H2,1-4H3/b24-14-,25-23-/t21-/m0/s1. The van der Waals surface area contributed by atoms with Gasteiger partial charge in [0, 0.05) is 0 Å². The van der Waals surface area contributed by atoms with Gasteiger partial charge in [0.25, 0.3) is 0 Å². The molecule has 8 heteroatoms. The molecule has 1 atom stereocenters. The van der Waals surface area contributed by atoms with Crippen LogP contribution in [-0.2, 0) is 11.3 Å². The minimum absolute atomic E-state index is 0.0720. The third-order valence-corrected chi connectivity index (χ3v) is 6.06. The maximum absolute atomic E-state index is 12.9. The number of hydrogen-bond acceptors (Lipinski definition) is 7. The summed E-state index contributed by atoms with van der Waals surface area (Å²) in [5.74, 6) is 2.12. The second-order valence-electron chi connectivity index (χ2n) is 6.91. The number of benzene rings is 2. The molecule has 1 heterocycles. The Labute approximate surface area is 187 Å². The van der Waals surface area contributed by atoms with Crippen LogP contribution in [0.2, 0.25) is 0 Å². The summed E-state index contributed by atoms with van der Waals surface area (Å²) < 4.78 is 15.8. The van der Waals surface area contributed by atoms with Gasteiger partial charge < -0.3 is 14.2 Å². The predicted octanol–water partition coefficient (Wildman–Crippen LogP) is 4.35. The highest BCUT2D eigenvalue weighted by atomic mass is 32.2. The Morgan fingerprint density at radius 3 is 2.42 bits per heavy atom. The zero-order valence-corrected chi connectivity index (χ0v) is 19.0. The second kappa shape index (κ2) is 10.9. The van der Waals surface area contributed by atoms with Crippen molar-refractivity contribution in [2.45, 2.75) is 31.6 Å². The number of thioether (sulfide) groups is 1. The first-order valence-corrected chi connectivity index (χ1v) is 10.9. The Hall–Kier alpha value is -3.00. The van der Waals surface area contributed by atoms with Crippen LogP contribution in [0.3, 0.4) is 0 Å². The Balaban J connectivity index is 1.80. The molecule has 0 spiro atoms. The number of nitrogens with zero attached hydrogens (tertiary/aromatic N) is 3. The molecular weight excluding hydrogens is 414 g/mol. The third-order valence-electron chi connectivity index (χ3n) is 4.83. The number of hydrogen-bond donors (Lipinski definition) is 0. The van der Waals surface area contributed by atoms with E-state index in [1.807, 2.05) is 42.5 Å². The highest BCUT2D eigenvalue weighted by molar-refractivity contribution is 8.15. The van der Waals surface area contributed by atoms with E-state index in [0.717, 1.165) is 29.7 Å². The Morgan fingerprint density at radius 2 is 1.77 bits per heavy atom. The molecule has 0 unspecified atom stereocenters. The van der Waals surface area contributed by atoms with E-state index < -0.39 is 0 Å². The maximum Gasteiger partial charge on any atom is 0.242 e. The number of carbonyl (C=O) groups excluding carboxylic acids is 1. The monoisotopic (exact) mass is 441 g/mol. The minimum atomic E-state index is -0.127. The summed E-state index contributed by atoms with van der Waals surface area (Å²) in [6, 6.07) is 13.2. The van der Waals surface area contributed by atoms with Crippen molar-refractivity contribution in [1.29, 1.82) is 0 Å². The zero-order chi connectivity index (χ0) is 22.2. The van der Waals surface area contributed by atoms with Gasteiger partial charge in [-0.25, -0.2) is 0 Å². The lowest BCUT2D eigenvalue weighted by Crippen LogP contribution is -2.31. The summed E-state index contributed by atoms with van der Waals surface area (Å²) in [4.78, 5) is 14.6. The van der Waals surface area contributed by atoms with Gasteiger partial charge in [0.15, 0.2) is 16.7 Å². The van der Waals surface area contributed by atoms with Gasteiger partial charge in [-0.15, -0.1) is 5.10 Å². The molecule has 164 valence electrons. The number of ether oxygens (including phenoxy) is 3. The second-order valence-corrected chi connectivity index (χ2v) is 8.08. The molecule has 1 saturated heterocycles. The molecule has 2 aromatic rings. The van der Waals surface area contributed by atoms with Crippen molar-refractivity contribution in [3.63, 3.8) is 0 Å². The van der Waals surface area contributed by atoms with Crippen molar-refractivity contribution in [2.75, 3.05) is 21.3 Å². The molecule has 1 amide bonds. The number of carbonyl (C=O) groups is 1. The molecular formula is C23H27N3O4S. The molecule has 2 aromatic carbocycles. The van der Waals surface area contributed by atoms with Crippen LogP contribution < -0.4 is 14.2 Å². The van der Waals surface area contributed by atoms with Crippen LogP contribution in [0, 0.1) is 0 Å². The van der Waals surface area contributed by atoms with Gasteiger partial charge >= 0.3 is 0 Å². The van der Waals surface area contributed by atoms with Gasteiger partial charge in [0.05, 0.1) is 39.3 Å². The summed E-state index contributed by atoms with van der Waals surface area (Å²) in [5, 5.41) is 9.08. The fraction of sp³-hybridized carbons (Fsp3) is 0.348. The van der Waals surface area contributed by atoms with E-state index in [1.54, 1.807) is 32.4 Å².